The highest BCUT2D eigenvalue weighted by atomic mass is 16.1. The van der Waals surface area contributed by atoms with Crippen molar-refractivity contribution in [3.05, 3.63) is 34.4 Å². The Morgan fingerprint density at radius 3 is 2.84 bits per heavy atom. The predicted octanol–water partition coefficient (Wildman–Crippen LogP) is 2.48. The summed E-state index contributed by atoms with van der Waals surface area (Å²) in [5, 5.41) is 1.73. The van der Waals surface area contributed by atoms with Crippen LogP contribution in [0.3, 0.4) is 0 Å². The fourth-order valence-corrected chi connectivity index (χ4v) is 2.76. The molecular formula is C15H19N3O. The van der Waals surface area contributed by atoms with E-state index in [2.05, 4.69) is 16.8 Å². The summed E-state index contributed by atoms with van der Waals surface area (Å²) in [6.07, 6.45) is 6.25. The Balaban J connectivity index is 2.22. The number of hydrogen-bond acceptors (Lipinski definition) is 3. The van der Waals surface area contributed by atoms with E-state index in [0.29, 0.717) is 0 Å². The van der Waals surface area contributed by atoms with Crippen LogP contribution in [0.4, 0.5) is 5.82 Å². The molecule has 1 fully saturated rings. The molecule has 0 saturated carbocycles. The normalized spacial score (nSPS) is 15.9. The maximum absolute atomic E-state index is 12.1. The molecular weight excluding hydrogens is 238 g/mol. The van der Waals surface area contributed by atoms with E-state index in [1.165, 1.54) is 19.3 Å². The van der Waals surface area contributed by atoms with Crippen LogP contribution in [0.5, 0.6) is 0 Å². The number of hydrogen-bond donors (Lipinski definition) is 1. The van der Waals surface area contributed by atoms with Gasteiger partial charge in [-0.2, -0.15) is 0 Å². The van der Waals surface area contributed by atoms with Crippen molar-refractivity contribution < 1.29 is 0 Å². The number of H-pyrrole nitrogens is 1. The number of aromatic nitrogens is 2. The molecule has 1 aliphatic rings. The number of nitrogens with zero attached hydrogens (tertiary/aromatic N) is 2. The average Bonchev–Trinajstić information content (AvgIpc) is 2.47. The molecule has 1 N–H and O–H groups in total. The van der Waals surface area contributed by atoms with Crippen LogP contribution < -0.4 is 10.5 Å². The molecule has 0 atom stereocenters. The molecule has 3 heterocycles. The molecule has 3 rings (SSSR count). The number of aromatic amines is 1. The molecule has 0 radical (unpaired) electrons. The number of anilines is 1. The Kier molecular flexibility index (Phi) is 3.23. The van der Waals surface area contributed by atoms with E-state index in [1.807, 2.05) is 12.1 Å². The van der Waals surface area contributed by atoms with Gasteiger partial charge in [-0.05, 0) is 43.2 Å². The molecule has 2 aromatic heterocycles. The van der Waals surface area contributed by atoms with Gasteiger partial charge in [0.1, 0.15) is 5.82 Å². The van der Waals surface area contributed by atoms with E-state index >= 15 is 0 Å². The summed E-state index contributed by atoms with van der Waals surface area (Å²) in [6, 6.07) is 3.99. The molecule has 4 heteroatoms. The maximum Gasteiger partial charge on any atom is 0.259 e. The zero-order valence-corrected chi connectivity index (χ0v) is 11.3. The van der Waals surface area contributed by atoms with Gasteiger partial charge in [0.05, 0.1) is 5.39 Å². The largest absolute Gasteiger partial charge is 0.356 e. The minimum Gasteiger partial charge on any atom is -0.356 e. The van der Waals surface area contributed by atoms with Crippen LogP contribution in [0, 0.1) is 0 Å². The minimum atomic E-state index is -0.0340. The van der Waals surface area contributed by atoms with E-state index in [-0.39, 0.29) is 5.56 Å². The summed E-state index contributed by atoms with van der Waals surface area (Å²) in [4.78, 5) is 21.9. The lowest BCUT2D eigenvalue weighted by Crippen LogP contribution is -2.31. The summed E-state index contributed by atoms with van der Waals surface area (Å²) in [6.45, 7) is 4.11. The van der Waals surface area contributed by atoms with Gasteiger partial charge >= 0.3 is 0 Å². The zero-order chi connectivity index (χ0) is 13.2. The van der Waals surface area contributed by atoms with Crippen LogP contribution in [0.25, 0.3) is 10.8 Å². The lowest BCUT2D eigenvalue weighted by atomic mass is 10.1. The van der Waals surface area contributed by atoms with E-state index in [0.717, 1.165) is 41.8 Å². The van der Waals surface area contributed by atoms with E-state index in [1.54, 1.807) is 6.20 Å². The maximum atomic E-state index is 12.1. The second-order valence-corrected chi connectivity index (χ2v) is 5.11. The third-order valence-corrected chi connectivity index (χ3v) is 3.81. The van der Waals surface area contributed by atoms with Crippen LogP contribution in [-0.4, -0.2) is 23.1 Å². The Morgan fingerprint density at radius 2 is 2.11 bits per heavy atom. The molecule has 0 aliphatic carbocycles. The molecule has 4 nitrogen and oxygen atoms in total. The minimum absolute atomic E-state index is 0.0340. The number of nitrogens with one attached hydrogen (secondary N) is 1. The van der Waals surface area contributed by atoms with Gasteiger partial charge in [0.2, 0.25) is 0 Å². The van der Waals surface area contributed by atoms with Crippen LogP contribution in [-0.2, 0) is 6.42 Å². The van der Waals surface area contributed by atoms with Crippen molar-refractivity contribution in [3.8, 4) is 0 Å². The molecule has 0 amide bonds. The van der Waals surface area contributed by atoms with Crippen molar-refractivity contribution in [1.82, 2.24) is 9.97 Å². The third kappa shape index (κ3) is 2.23. The first-order valence-corrected chi connectivity index (χ1v) is 7.06. The van der Waals surface area contributed by atoms with Gasteiger partial charge in [0.25, 0.3) is 5.56 Å². The Labute approximate surface area is 112 Å². The molecule has 0 aromatic carbocycles. The van der Waals surface area contributed by atoms with E-state index in [4.69, 9.17) is 4.98 Å². The lowest BCUT2D eigenvalue weighted by molar-refractivity contribution is 0.574. The quantitative estimate of drug-likeness (QED) is 0.899. The molecule has 2 aromatic rings. The highest BCUT2D eigenvalue weighted by molar-refractivity contribution is 5.91. The number of aryl methyl sites for hydroxylation is 1. The van der Waals surface area contributed by atoms with Gasteiger partial charge < -0.3 is 9.88 Å². The number of piperidine rings is 1. The molecule has 1 aliphatic heterocycles. The third-order valence-electron chi connectivity index (χ3n) is 3.81. The van der Waals surface area contributed by atoms with Crippen molar-refractivity contribution in [2.45, 2.75) is 32.6 Å². The van der Waals surface area contributed by atoms with Crippen molar-refractivity contribution >= 4 is 16.6 Å². The fourth-order valence-electron chi connectivity index (χ4n) is 2.76. The first-order chi connectivity index (χ1) is 9.29. The highest BCUT2D eigenvalue weighted by Gasteiger charge is 2.17. The first-order valence-electron chi connectivity index (χ1n) is 7.06. The van der Waals surface area contributed by atoms with Gasteiger partial charge in [-0.1, -0.05) is 6.92 Å². The molecule has 0 bridgehead atoms. The summed E-state index contributed by atoms with van der Waals surface area (Å²) in [5.74, 6) is 0.871. The Bertz CT molecular complexity index is 641. The highest BCUT2D eigenvalue weighted by Crippen LogP contribution is 2.25. The summed E-state index contributed by atoms with van der Waals surface area (Å²) < 4.78 is 0. The van der Waals surface area contributed by atoms with E-state index in [9.17, 15) is 4.79 Å². The second kappa shape index (κ2) is 5.03. The van der Waals surface area contributed by atoms with E-state index < -0.39 is 0 Å². The van der Waals surface area contributed by atoms with Gasteiger partial charge in [-0.25, -0.2) is 4.98 Å². The molecule has 19 heavy (non-hydrogen) atoms. The zero-order valence-electron chi connectivity index (χ0n) is 11.3. The summed E-state index contributed by atoms with van der Waals surface area (Å²) >= 11 is 0. The Morgan fingerprint density at radius 1 is 1.32 bits per heavy atom. The van der Waals surface area contributed by atoms with Crippen LogP contribution in [0.2, 0.25) is 0 Å². The number of pyridine rings is 2. The summed E-state index contributed by atoms with van der Waals surface area (Å²) in [5.41, 5.74) is 1.02. The monoisotopic (exact) mass is 257 g/mol. The van der Waals surface area contributed by atoms with Gasteiger partial charge in [-0.15, -0.1) is 0 Å². The topological polar surface area (TPSA) is 49.0 Å². The average molecular weight is 257 g/mol. The SMILES string of the molecule is CCc1cc2cc[nH]c(=O)c2c(N2CCCCC2)n1. The summed E-state index contributed by atoms with van der Waals surface area (Å²) in [7, 11) is 0. The van der Waals surface area contributed by atoms with Crippen molar-refractivity contribution in [1.29, 1.82) is 0 Å². The van der Waals surface area contributed by atoms with Crippen LogP contribution >= 0.6 is 0 Å². The lowest BCUT2D eigenvalue weighted by Gasteiger charge is -2.28. The predicted molar refractivity (Wildman–Crippen MR) is 77.8 cm³/mol. The molecule has 0 unspecified atom stereocenters. The second-order valence-electron chi connectivity index (χ2n) is 5.11. The van der Waals surface area contributed by atoms with Crippen LogP contribution in [0.15, 0.2) is 23.1 Å². The molecule has 0 spiro atoms. The fraction of sp³-hybridized carbons (Fsp3) is 0.467. The smallest absolute Gasteiger partial charge is 0.259 e. The van der Waals surface area contributed by atoms with Gasteiger partial charge in [-0.3, -0.25) is 4.79 Å². The van der Waals surface area contributed by atoms with Gasteiger partial charge in [0.15, 0.2) is 0 Å². The molecule has 1 saturated heterocycles. The number of fused-ring (bicyclic) bond motifs is 1. The Hall–Kier alpha value is -1.84. The first kappa shape index (κ1) is 12.2. The van der Waals surface area contributed by atoms with Crippen molar-refractivity contribution in [2.75, 3.05) is 18.0 Å². The van der Waals surface area contributed by atoms with Crippen LogP contribution in [0.1, 0.15) is 31.9 Å². The number of rotatable bonds is 2. The van der Waals surface area contributed by atoms with Crippen molar-refractivity contribution in [3.63, 3.8) is 0 Å². The molecule has 100 valence electrons. The standard InChI is InChI=1S/C15H19N3O/c1-2-12-10-11-6-7-16-15(19)13(11)14(17-12)18-8-4-3-5-9-18/h6-7,10H,2-5,8-9H2,1H3,(H,16,19). The van der Waals surface area contributed by atoms with Gasteiger partial charge in [0, 0.05) is 25.0 Å². The van der Waals surface area contributed by atoms with Crippen molar-refractivity contribution in [2.24, 2.45) is 0 Å².